The van der Waals surface area contributed by atoms with E-state index in [0.717, 1.165) is 35.3 Å². The standard InChI is InChI=1S/C20H22O3/c1-2-6-17(11-14-20(21)22)18-9-12-19(13-10-18)23-15-16-7-4-3-5-8-16/h3-5,7-13H,2,6,14-15H2,1H3,(H,21,22)/b17-11+. The van der Waals surface area contributed by atoms with Crippen LogP contribution in [0.15, 0.2) is 60.7 Å². The average Bonchev–Trinajstić information content (AvgIpc) is 2.58. The van der Waals surface area contributed by atoms with Gasteiger partial charge in [0.2, 0.25) is 0 Å². The third-order valence-electron chi connectivity index (χ3n) is 3.52. The third-order valence-corrected chi connectivity index (χ3v) is 3.52. The average molecular weight is 310 g/mol. The molecule has 2 aromatic carbocycles. The molecule has 0 spiro atoms. The molecule has 0 aliphatic carbocycles. The minimum absolute atomic E-state index is 0.0571. The number of ether oxygens (including phenoxy) is 1. The van der Waals surface area contributed by atoms with Gasteiger partial charge in [0.15, 0.2) is 0 Å². The fourth-order valence-corrected chi connectivity index (χ4v) is 2.35. The highest BCUT2D eigenvalue weighted by Crippen LogP contribution is 2.23. The molecule has 120 valence electrons. The Morgan fingerprint density at radius 1 is 1.09 bits per heavy atom. The minimum Gasteiger partial charge on any atom is -0.489 e. The number of aliphatic carboxylic acids is 1. The van der Waals surface area contributed by atoms with E-state index in [-0.39, 0.29) is 6.42 Å². The van der Waals surface area contributed by atoms with Crippen molar-refractivity contribution in [2.75, 3.05) is 0 Å². The number of hydrogen-bond acceptors (Lipinski definition) is 2. The van der Waals surface area contributed by atoms with Crippen molar-refractivity contribution >= 4 is 11.5 Å². The van der Waals surface area contributed by atoms with Gasteiger partial charge in [0.1, 0.15) is 12.4 Å². The highest BCUT2D eigenvalue weighted by Gasteiger charge is 2.03. The molecule has 0 fully saturated rings. The van der Waals surface area contributed by atoms with Crippen LogP contribution < -0.4 is 4.74 Å². The summed E-state index contributed by atoms with van der Waals surface area (Å²) in [6.45, 7) is 2.63. The van der Waals surface area contributed by atoms with Crippen LogP contribution in [-0.4, -0.2) is 11.1 Å². The van der Waals surface area contributed by atoms with Crippen LogP contribution >= 0.6 is 0 Å². The largest absolute Gasteiger partial charge is 0.489 e. The van der Waals surface area contributed by atoms with E-state index in [1.165, 1.54) is 0 Å². The molecular formula is C20H22O3. The molecule has 2 aromatic rings. The molecule has 2 rings (SSSR count). The fraction of sp³-hybridized carbons (Fsp3) is 0.250. The zero-order valence-corrected chi connectivity index (χ0v) is 13.4. The molecule has 0 aliphatic heterocycles. The van der Waals surface area contributed by atoms with E-state index < -0.39 is 5.97 Å². The summed E-state index contributed by atoms with van der Waals surface area (Å²) in [5.74, 6) is 0.00750. The quantitative estimate of drug-likeness (QED) is 0.752. The Labute approximate surface area is 137 Å². The van der Waals surface area contributed by atoms with Crippen LogP contribution in [0.25, 0.3) is 5.57 Å². The SMILES string of the molecule is CCC/C(=C\CC(=O)O)c1ccc(OCc2ccccc2)cc1. The molecule has 0 aliphatic rings. The number of hydrogen-bond donors (Lipinski definition) is 1. The zero-order valence-electron chi connectivity index (χ0n) is 13.4. The maximum atomic E-state index is 10.7. The summed E-state index contributed by atoms with van der Waals surface area (Å²) < 4.78 is 5.77. The van der Waals surface area contributed by atoms with Crippen molar-refractivity contribution in [1.29, 1.82) is 0 Å². The van der Waals surface area contributed by atoms with E-state index in [1.54, 1.807) is 6.08 Å². The van der Waals surface area contributed by atoms with Gasteiger partial charge in [-0.25, -0.2) is 0 Å². The molecule has 0 saturated carbocycles. The minimum atomic E-state index is -0.804. The molecule has 23 heavy (non-hydrogen) atoms. The van der Waals surface area contributed by atoms with Gasteiger partial charge in [-0.1, -0.05) is 61.9 Å². The lowest BCUT2D eigenvalue weighted by atomic mass is 10.00. The monoisotopic (exact) mass is 310 g/mol. The van der Waals surface area contributed by atoms with Crippen molar-refractivity contribution in [3.63, 3.8) is 0 Å². The molecule has 0 aromatic heterocycles. The van der Waals surface area contributed by atoms with E-state index in [0.29, 0.717) is 6.61 Å². The normalized spacial score (nSPS) is 11.3. The zero-order chi connectivity index (χ0) is 16.5. The number of carbonyl (C=O) groups is 1. The van der Waals surface area contributed by atoms with Crippen LogP contribution in [-0.2, 0) is 11.4 Å². The lowest BCUT2D eigenvalue weighted by molar-refractivity contribution is -0.135. The molecule has 0 unspecified atom stereocenters. The first-order valence-electron chi connectivity index (χ1n) is 7.87. The molecule has 0 heterocycles. The van der Waals surface area contributed by atoms with Gasteiger partial charge >= 0.3 is 5.97 Å². The molecule has 1 N–H and O–H groups in total. The number of carboxylic acid groups (broad SMARTS) is 1. The van der Waals surface area contributed by atoms with E-state index in [9.17, 15) is 4.79 Å². The highest BCUT2D eigenvalue weighted by molar-refractivity contribution is 5.74. The Bertz CT molecular complexity index is 642. The van der Waals surface area contributed by atoms with Crippen LogP contribution in [0, 0.1) is 0 Å². The first-order valence-corrected chi connectivity index (χ1v) is 7.87. The van der Waals surface area contributed by atoms with Gasteiger partial charge in [-0.3, -0.25) is 4.79 Å². The van der Waals surface area contributed by atoms with Crippen LogP contribution in [0.2, 0.25) is 0 Å². The van der Waals surface area contributed by atoms with E-state index in [4.69, 9.17) is 9.84 Å². The van der Waals surface area contributed by atoms with E-state index in [1.807, 2.05) is 54.6 Å². The molecule has 3 nitrogen and oxygen atoms in total. The second-order valence-corrected chi connectivity index (χ2v) is 5.38. The van der Waals surface area contributed by atoms with Gasteiger partial charge in [-0.2, -0.15) is 0 Å². The van der Waals surface area contributed by atoms with Gasteiger partial charge in [-0.15, -0.1) is 0 Å². The van der Waals surface area contributed by atoms with Crippen molar-refractivity contribution in [3.8, 4) is 5.75 Å². The molecule has 3 heteroatoms. The second-order valence-electron chi connectivity index (χ2n) is 5.38. The highest BCUT2D eigenvalue weighted by atomic mass is 16.5. The summed E-state index contributed by atoms with van der Waals surface area (Å²) in [7, 11) is 0. The summed E-state index contributed by atoms with van der Waals surface area (Å²) in [5.41, 5.74) is 3.26. The van der Waals surface area contributed by atoms with E-state index >= 15 is 0 Å². The van der Waals surface area contributed by atoms with Crippen LogP contribution in [0.3, 0.4) is 0 Å². The van der Waals surface area contributed by atoms with Crippen LogP contribution in [0.5, 0.6) is 5.75 Å². The summed E-state index contributed by atoms with van der Waals surface area (Å²) in [6, 6.07) is 17.9. The van der Waals surface area contributed by atoms with Gasteiger partial charge in [0.05, 0.1) is 6.42 Å². The van der Waals surface area contributed by atoms with Gasteiger partial charge in [0.25, 0.3) is 0 Å². The second kappa shape index (κ2) is 8.79. The summed E-state index contributed by atoms with van der Waals surface area (Å²) in [6.07, 6.45) is 3.71. The molecule has 0 bridgehead atoms. The van der Waals surface area contributed by atoms with Crippen molar-refractivity contribution in [1.82, 2.24) is 0 Å². The third kappa shape index (κ3) is 5.62. The molecule has 0 amide bonds. The first kappa shape index (κ1) is 16.8. The van der Waals surface area contributed by atoms with Gasteiger partial charge in [-0.05, 0) is 35.3 Å². The summed E-state index contributed by atoms with van der Waals surface area (Å²) >= 11 is 0. The van der Waals surface area contributed by atoms with Crippen molar-refractivity contribution in [3.05, 3.63) is 71.8 Å². The number of benzene rings is 2. The summed E-state index contributed by atoms with van der Waals surface area (Å²) in [5, 5.41) is 8.84. The van der Waals surface area contributed by atoms with Crippen molar-refractivity contribution in [2.45, 2.75) is 32.8 Å². The van der Waals surface area contributed by atoms with E-state index in [2.05, 4.69) is 6.92 Å². The van der Waals surface area contributed by atoms with Crippen molar-refractivity contribution in [2.24, 2.45) is 0 Å². The summed E-state index contributed by atoms with van der Waals surface area (Å²) in [4.78, 5) is 10.7. The molecule has 0 saturated heterocycles. The lowest BCUT2D eigenvalue weighted by Crippen LogP contribution is -1.96. The molecule has 0 atom stereocenters. The Morgan fingerprint density at radius 2 is 1.78 bits per heavy atom. The Balaban J connectivity index is 2.02. The van der Waals surface area contributed by atoms with Crippen LogP contribution in [0.1, 0.15) is 37.3 Å². The number of carboxylic acids is 1. The number of allylic oxidation sites excluding steroid dienone is 1. The Hall–Kier alpha value is -2.55. The maximum absolute atomic E-state index is 10.7. The topological polar surface area (TPSA) is 46.5 Å². The Kier molecular flexibility index (Phi) is 6.42. The lowest BCUT2D eigenvalue weighted by Gasteiger charge is -2.09. The molecule has 0 radical (unpaired) electrons. The van der Waals surface area contributed by atoms with Crippen molar-refractivity contribution < 1.29 is 14.6 Å². The number of rotatable bonds is 8. The van der Waals surface area contributed by atoms with Gasteiger partial charge < -0.3 is 9.84 Å². The van der Waals surface area contributed by atoms with Crippen LogP contribution in [0.4, 0.5) is 0 Å². The first-order chi connectivity index (χ1) is 11.2. The smallest absolute Gasteiger partial charge is 0.307 e. The fourth-order valence-electron chi connectivity index (χ4n) is 2.35. The predicted octanol–water partition coefficient (Wildman–Crippen LogP) is 4.92. The maximum Gasteiger partial charge on any atom is 0.307 e. The Morgan fingerprint density at radius 3 is 2.39 bits per heavy atom. The predicted molar refractivity (Wildman–Crippen MR) is 92.4 cm³/mol. The molecular weight excluding hydrogens is 288 g/mol. The van der Waals surface area contributed by atoms with Gasteiger partial charge in [0, 0.05) is 0 Å².